The molecule has 134 valence electrons. The van der Waals surface area contributed by atoms with Gasteiger partial charge in [-0.05, 0) is 24.1 Å². The number of rotatable bonds is 5. The molecule has 1 aliphatic rings. The van der Waals surface area contributed by atoms with Gasteiger partial charge in [-0.15, -0.1) is 0 Å². The predicted molar refractivity (Wildman–Crippen MR) is 101 cm³/mol. The molecule has 0 bridgehead atoms. The van der Waals surface area contributed by atoms with Crippen LogP contribution in [0.3, 0.4) is 0 Å². The summed E-state index contributed by atoms with van der Waals surface area (Å²) in [5, 5.41) is 8.26. The topological polar surface area (TPSA) is 74.0 Å². The van der Waals surface area contributed by atoms with Gasteiger partial charge in [0.25, 0.3) is 5.56 Å². The maximum atomic E-state index is 12.4. The highest BCUT2D eigenvalue weighted by molar-refractivity contribution is 5.83. The number of benzene rings is 1. The van der Waals surface area contributed by atoms with E-state index in [2.05, 4.69) is 35.3 Å². The standard InChI is InChI=1S/C19H21N5O2/c1-12(2)10-20-19-22-17(25)15-11-21-24-16(7-8-23(19)18(15)24)13-5-4-6-14(9-13)26-3/h4-7,9,11-12H,8,10H2,1-3H3,(H,20,22,25). The minimum atomic E-state index is -0.263. The number of methoxy groups -OCH3 is 1. The fraction of sp³-hybridized carbons (Fsp3) is 0.316. The van der Waals surface area contributed by atoms with Crippen molar-refractivity contribution in [2.24, 2.45) is 5.92 Å². The maximum absolute atomic E-state index is 12.4. The molecule has 0 unspecified atom stereocenters. The second kappa shape index (κ2) is 6.33. The number of nitrogens with one attached hydrogen (secondary N) is 1. The van der Waals surface area contributed by atoms with Crippen molar-refractivity contribution in [2.45, 2.75) is 20.4 Å². The van der Waals surface area contributed by atoms with E-state index in [9.17, 15) is 4.79 Å². The van der Waals surface area contributed by atoms with Crippen molar-refractivity contribution >= 4 is 22.7 Å². The number of aromatic nitrogens is 4. The first-order valence-electron chi connectivity index (χ1n) is 8.66. The van der Waals surface area contributed by atoms with Gasteiger partial charge in [0.1, 0.15) is 11.1 Å². The Kier molecular flexibility index (Phi) is 3.99. The Morgan fingerprint density at radius 3 is 2.96 bits per heavy atom. The van der Waals surface area contributed by atoms with Gasteiger partial charge in [0.15, 0.2) is 5.65 Å². The highest BCUT2D eigenvalue weighted by atomic mass is 16.5. The van der Waals surface area contributed by atoms with Crippen LogP contribution in [0.15, 0.2) is 41.3 Å². The number of allylic oxidation sites excluding steroid dienone is 1. The minimum absolute atomic E-state index is 0.263. The molecule has 0 aliphatic carbocycles. The van der Waals surface area contributed by atoms with Crippen LogP contribution in [0.5, 0.6) is 5.75 Å². The lowest BCUT2D eigenvalue weighted by molar-refractivity contribution is 0.414. The Balaban J connectivity index is 1.85. The van der Waals surface area contributed by atoms with Gasteiger partial charge < -0.3 is 10.1 Å². The van der Waals surface area contributed by atoms with Gasteiger partial charge in [0.2, 0.25) is 5.95 Å². The summed E-state index contributed by atoms with van der Waals surface area (Å²) in [4.78, 5) is 16.6. The molecule has 0 fully saturated rings. The van der Waals surface area contributed by atoms with Gasteiger partial charge in [-0.3, -0.25) is 9.36 Å². The Labute approximate surface area is 150 Å². The fourth-order valence-electron chi connectivity index (χ4n) is 3.14. The summed E-state index contributed by atoms with van der Waals surface area (Å²) in [6.07, 6.45) is 3.67. The van der Waals surface area contributed by atoms with Crippen molar-refractivity contribution in [3.63, 3.8) is 0 Å². The third kappa shape index (κ3) is 2.65. The Morgan fingerprint density at radius 1 is 1.35 bits per heavy atom. The Hall–Kier alpha value is -3.09. The zero-order valence-electron chi connectivity index (χ0n) is 15.1. The summed E-state index contributed by atoms with van der Waals surface area (Å²) in [5.74, 6) is 1.81. The Bertz CT molecular complexity index is 1060. The first-order chi connectivity index (χ1) is 12.6. The largest absolute Gasteiger partial charge is 0.497 e. The average Bonchev–Trinajstić information content (AvgIpc) is 3.09. The molecule has 0 amide bonds. The van der Waals surface area contributed by atoms with Crippen LogP contribution in [0, 0.1) is 5.92 Å². The molecule has 7 nitrogen and oxygen atoms in total. The zero-order valence-corrected chi connectivity index (χ0v) is 15.1. The van der Waals surface area contributed by atoms with E-state index in [1.165, 1.54) is 0 Å². The first kappa shape index (κ1) is 16.4. The van der Waals surface area contributed by atoms with E-state index in [1.807, 2.05) is 28.8 Å². The average molecular weight is 351 g/mol. The Morgan fingerprint density at radius 2 is 2.19 bits per heavy atom. The van der Waals surface area contributed by atoms with Crippen LogP contribution in [-0.2, 0) is 6.54 Å². The number of nitrogens with zero attached hydrogens (tertiary/aromatic N) is 4. The van der Waals surface area contributed by atoms with Crippen molar-refractivity contribution in [3.8, 4) is 5.75 Å². The molecular weight excluding hydrogens is 330 g/mol. The lowest BCUT2D eigenvalue weighted by atomic mass is 10.1. The van der Waals surface area contributed by atoms with Crippen molar-refractivity contribution in [1.29, 1.82) is 0 Å². The molecule has 0 saturated carbocycles. The smallest absolute Gasteiger partial charge is 0.285 e. The van der Waals surface area contributed by atoms with Crippen LogP contribution < -0.4 is 15.6 Å². The molecule has 3 aromatic rings. The SMILES string of the molecule is COc1cccc(C2=CCn3c(NCC(C)C)nc(=O)c4cnn2c43)c1. The third-order valence-corrected chi connectivity index (χ3v) is 4.42. The molecular formula is C19H21N5O2. The summed E-state index contributed by atoms with van der Waals surface area (Å²) < 4.78 is 9.13. The summed E-state index contributed by atoms with van der Waals surface area (Å²) in [7, 11) is 1.65. The maximum Gasteiger partial charge on any atom is 0.285 e. The van der Waals surface area contributed by atoms with Crippen LogP contribution in [0.25, 0.3) is 16.7 Å². The number of ether oxygens (including phenoxy) is 1. The molecule has 1 aliphatic heterocycles. The molecule has 0 atom stereocenters. The van der Waals surface area contributed by atoms with Gasteiger partial charge in [0.05, 0.1) is 19.0 Å². The molecule has 0 saturated heterocycles. The third-order valence-electron chi connectivity index (χ3n) is 4.42. The van der Waals surface area contributed by atoms with Crippen molar-refractivity contribution < 1.29 is 4.74 Å². The fourth-order valence-corrected chi connectivity index (χ4v) is 3.14. The molecule has 4 rings (SSSR count). The molecule has 0 radical (unpaired) electrons. The highest BCUT2D eigenvalue weighted by Crippen LogP contribution is 2.28. The van der Waals surface area contributed by atoms with E-state index >= 15 is 0 Å². The first-order valence-corrected chi connectivity index (χ1v) is 8.66. The molecule has 3 heterocycles. The molecule has 2 aromatic heterocycles. The predicted octanol–water partition coefficient (Wildman–Crippen LogP) is 2.57. The van der Waals surface area contributed by atoms with Crippen LogP contribution in [0.1, 0.15) is 19.4 Å². The number of hydrogen-bond acceptors (Lipinski definition) is 5. The van der Waals surface area contributed by atoms with Crippen LogP contribution in [-0.4, -0.2) is 33.0 Å². The van der Waals surface area contributed by atoms with Gasteiger partial charge in [-0.1, -0.05) is 26.0 Å². The van der Waals surface area contributed by atoms with E-state index in [-0.39, 0.29) is 5.56 Å². The van der Waals surface area contributed by atoms with E-state index in [1.54, 1.807) is 18.0 Å². The number of hydrogen-bond donors (Lipinski definition) is 1. The second-order valence-corrected chi connectivity index (χ2v) is 6.74. The van der Waals surface area contributed by atoms with Gasteiger partial charge >= 0.3 is 0 Å². The molecule has 1 aromatic carbocycles. The van der Waals surface area contributed by atoms with E-state index in [4.69, 9.17) is 4.74 Å². The minimum Gasteiger partial charge on any atom is -0.497 e. The van der Waals surface area contributed by atoms with Gasteiger partial charge in [0, 0.05) is 18.7 Å². The normalized spacial score (nSPS) is 13.2. The lowest BCUT2D eigenvalue weighted by Gasteiger charge is -2.21. The highest BCUT2D eigenvalue weighted by Gasteiger charge is 2.21. The van der Waals surface area contributed by atoms with Crippen LogP contribution >= 0.6 is 0 Å². The lowest BCUT2D eigenvalue weighted by Crippen LogP contribution is -2.24. The summed E-state index contributed by atoms with van der Waals surface area (Å²) in [6.45, 7) is 5.59. The quantitative estimate of drug-likeness (QED) is 0.765. The monoisotopic (exact) mass is 351 g/mol. The number of anilines is 1. The molecule has 1 N–H and O–H groups in total. The summed E-state index contributed by atoms with van der Waals surface area (Å²) in [6, 6.07) is 7.82. The van der Waals surface area contributed by atoms with E-state index < -0.39 is 0 Å². The van der Waals surface area contributed by atoms with Crippen molar-refractivity contribution in [2.75, 3.05) is 19.0 Å². The van der Waals surface area contributed by atoms with Crippen molar-refractivity contribution in [1.82, 2.24) is 19.3 Å². The van der Waals surface area contributed by atoms with Crippen LogP contribution in [0.4, 0.5) is 5.95 Å². The molecule has 0 spiro atoms. The van der Waals surface area contributed by atoms with E-state index in [0.717, 1.165) is 29.2 Å². The summed E-state index contributed by atoms with van der Waals surface area (Å²) in [5.41, 5.74) is 2.41. The van der Waals surface area contributed by atoms with Gasteiger partial charge in [-0.2, -0.15) is 10.1 Å². The molecule has 7 heteroatoms. The van der Waals surface area contributed by atoms with E-state index in [0.29, 0.717) is 23.8 Å². The summed E-state index contributed by atoms with van der Waals surface area (Å²) >= 11 is 0. The van der Waals surface area contributed by atoms with Gasteiger partial charge in [-0.25, -0.2) is 4.68 Å². The second-order valence-electron chi connectivity index (χ2n) is 6.74. The molecule has 26 heavy (non-hydrogen) atoms. The van der Waals surface area contributed by atoms with Crippen molar-refractivity contribution in [3.05, 3.63) is 52.5 Å². The van der Waals surface area contributed by atoms with Crippen LogP contribution in [0.2, 0.25) is 0 Å². The zero-order chi connectivity index (χ0) is 18.3.